The number of carbonyl (C=O) groups excluding carboxylic acids is 1. The van der Waals surface area contributed by atoms with Gasteiger partial charge in [-0.1, -0.05) is 30.3 Å². The summed E-state index contributed by atoms with van der Waals surface area (Å²) >= 11 is 0. The summed E-state index contributed by atoms with van der Waals surface area (Å²) in [4.78, 5) is 16.2. The molecule has 0 fully saturated rings. The van der Waals surface area contributed by atoms with Crippen molar-refractivity contribution in [3.05, 3.63) is 102 Å². The maximum Gasteiger partial charge on any atom is 0.337 e. The maximum absolute atomic E-state index is 13.3. The second kappa shape index (κ2) is 10.4. The van der Waals surface area contributed by atoms with Crippen molar-refractivity contribution in [1.29, 1.82) is 0 Å². The molecule has 0 amide bonds. The lowest BCUT2D eigenvalue weighted by Crippen LogP contribution is -2.27. The Morgan fingerprint density at radius 2 is 1.74 bits per heavy atom. The first-order chi connectivity index (χ1) is 16.9. The van der Waals surface area contributed by atoms with E-state index in [0.29, 0.717) is 30.2 Å². The van der Waals surface area contributed by atoms with E-state index in [-0.39, 0.29) is 10.5 Å². The van der Waals surface area contributed by atoms with Gasteiger partial charge in [-0.05, 0) is 53.6 Å². The van der Waals surface area contributed by atoms with Crippen LogP contribution in [0.4, 0.5) is 5.69 Å². The van der Waals surface area contributed by atoms with Crippen LogP contribution in [-0.2, 0) is 27.9 Å². The van der Waals surface area contributed by atoms with Crippen LogP contribution in [0, 0.1) is 0 Å². The van der Waals surface area contributed by atoms with Gasteiger partial charge < -0.3 is 9.47 Å². The number of ether oxygens (including phenoxy) is 2. The molecule has 10 heteroatoms. The van der Waals surface area contributed by atoms with Crippen LogP contribution in [0.25, 0.3) is 0 Å². The Morgan fingerprint density at radius 3 is 2.40 bits per heavy atom. The number of aromatic nitrogens is 3. The van der Waals surface area contributed by atoms with Crippen LogP contribution in [0.3, 0.4) is 0 Å². The number of nitrogens with zero attached hydrogens (tertiary/aromatic N) is 4. The molecule has 1 heterocycles. The fraction of sp³-hybridized carbons (Fsp3) is 0.160. The highest BCUT2D eigenvalue weighted by Crippen LogP contribution is 2.27. The van der Waals surface area contributed by atoms with Gasteiger partial charge in [-0.25, -0.2) is 22.9 Å². The zero-order valence-electron chi connectivity index (χ0n) is 19.2. The molecule has 0 atom stereocenters. The van der Waals surface area contributed by atoms with Crippen LogP contribution in [0.15, 0.2) is 90.3 Å². The van der Waals surface area contributed by atoms with Gasteiger partial charge in [0.25, 0.3) is 10.0 Å². The second-order valence-electron chi connectivity index (χ2n) is 7.69. The lowest BCUT2D eigenvalue weighted by Gasteiger charge is -2.21. The number of hydrogen-bond donors (Lipinski definition) is 0. The SMILES string of the molecule is COC(=O)c1cc(Cn2cncn2)cc(N(C)S(=O)(=O)c2ccc(OCc3ccccc3)cc2)c1. The summed E-state index contributed by atoms with van der Waals surface area (Å²) in [6, 6.07) is 20.7. The Bertz CT molecular complexity index is 1390. The smallest absolute Gasteiger partial charge is 0.337 e. The number of anilines is 1. The molecule has 0 unspecified atom stereocenters. The van der Waals surface area contributed by atoms with E-state index in [0.717, 1.165) is 9.87 Å². The highest BCUT2D eigenvalue weighted by atomic mass is 32.2. The molecule has 0 N–H and O–H groups in total. The number of esters is 1. The molecule has 0 radical (unpaired) electrons. The van der Waals surface area contributed by atoms with Gasteiger partial charge in [0.1, 0.15) is 25.0 Å². The summed E-state index contributed by atoms with van der Waals surface area (Å²) in [5.41, 5.74) is 2.22. The topological polar surface area (TPSA) is 104 Å². The number of sulfonamides is 1. The first-order valence-electron chi connectivity index (χ1n) is 10.7. The lowest BCUT2D eigenvalue weighted by molar-refractivity contribution is 0.0600. The highest BCUT2D eigenvalue weighted by molar-refractivity contribution is 7.92. The van der Waals surface area contributed by atoms with Gasteiger partial charge in [0, 0.05) is 7.05 Å². The van der Waals surface area contributed by atoms with E-state index in [9.17, 15) is 13.2 Å². The fourth-order valence-corrected chi connectivity index (χ4v) is 4.61. The zero-order chi connectivity index (χ0) is 24.8. The first kappa shape index (κ1) is 24.0. The fourth-order valence-electron chi connectivity index (χ4n) is 3.43. The zero-order valence-corrected chi connectivity index (χ0v) is 20.1. The quantitative estimate of drug-likeness (QED) is 0.329. The minimum absolute atomic E-state index is 0.0911. The van der Waals surface area contributed by atoms with Crippen molar-refractivity contribution in [2.24, 2.45) is 0 Å². The van der Waals surface area contributed by atoms with Crippen LogP contribution in [0.2, 0.25) is 0 Å². The summed E-state index contributed by atoms with van der Waals surface area (Å²) in [6.07, 6.45) is 2.93. The normalized spacial score (nSPS) is 11.1. The van der Waals surface area contributed by atoms with E-state index in [1.165, 1.54) is 45.0 Å². The number of rotatable bonds is 9. The molecule has 0 aliphatic heterocycles. The van der Waals surface area contributed by atoms with E-state index in [1.807, 2.05) is 30.3 Å². The summed E-state index contributed by atoms with van der Waals surface area (Å²) in [5.74, 6) is -0.0179. The van der Waals surface area contributed by atoms with Crippen molar-refractivity contribution in [2.75, 3.05) is 18.5 Å². The third-order valence-corrected chi connectivity index (χ3v) is 7.10. The molecule has 4 aromatic rings. The molecule has 4 rings (SSSR count). The average molecular weight is 493 g/mol. The molecule has 0 saturated carbocycles. The summed E-state index contributed by atoms with van der Waals surface area (Å²) in [6.45, 7) is 0.681. The van der Waals surface area contributed by atoms with Crippen molar-refractivity contribution in [1.82, 2.24) is 14.8 Å². The monoisotopic (exact) mass is 492 g/mol. The van der Waals surface area contributed by atoms with Crippen LogP contribution in [0.5, 0.6) is 5.75 Å². The summed E-state index contributed by atoms with van der Waals surface area (Å²) in [7, 11) is -1.21. The largest absolute Gasteiger partial charge is 0.489 e. The maximum atomic E-state index is 13.3. The Hall–Kier alpha value is -4.18. The Morgan fingerprint density at radius 1 is 1.00 bits per heavy atom. The molecule has 35 heavy (non-hydrogen) atoms. The molecule has 1 aromatic heterocycles. The van der Waals surface area contributed by atoms with Crippen molar-refractivity contribution < 1.29 is 22.7 Å². The van der Waals surface area contributed by atoms with Crippen molar-refractivity contribution in [2.45, 2.75) is 18.0 Å². The van der Waals surface area contributed by atoms with Crippen LogP contribution in [-0.4, -0.2) is 43.3 Å². The van der Waals surface area contributed by atoms with Gasteiger partial charge in [0.05, 0.1) is 29.8 Å². The van der Waals surface area contributed by atoms with Gasteiger partial charge in [-0.2, -0.15) is 5.10 Å². The number of carbonyl (C=O) groups is 1. The van der Waals surface area contributed by atoms with Gasteiger partial charge in [0.15, 0.2) is 0 Å². The Kier molecular flexibility index (Phi) is 7.11. The minimum Gasteiger partial charge on any atom is -0.489 e. The van der Waals surface area contributed by atoms with E-state index in [1.54, 1.807) is 28.9 Å². The van der Waals surface area contributed by atoms with E-state index < -0.39 is 16.0 Å². The number of methoxy groups -OCH3 is 1. The molecule has 0 bridgehead atoms. The molecule has 180 valence electrons. The van der Waals surface area contributed by atoms with Crippen molar-refractivity contribution in [3.8, 4) is 5.75 Å². The van der Waals surface area contributed by atoms with Gasteiger partial charge in [-0.15, -0.1) is 0 Å². The van der Waals surface area contributed by atoms with Crippen molar-refractivity contribution in [3.63, 3.8) is 0 Å². The molecule has 0 aliphatic rings. The molecule has 0 spiro atoms. The van der Waals surface area contributed by atoms with Crippen molar-refractivity contribution >= 4 is 21.7 Å². The molecule has 9 nitrogen and oxygen atoms in total. The predicted octanol–water partition coefficient (Wildman–Crippen LogP) is 3.52. The molecule has 0 aliphatic carbocycles. The number of hydrogen-bond acceptors (Lipinski definition) is 7. The van der Waals surface area contributed by atoms with Crippen LogP contribution < -0.4 is 9.04 Å². The van der Waals surface area contributed by atoms with Crippen LogP contribution >= 0.6 is 0 Å². The molecular weight excluding hydrogens is 468 g/mol. The summed E-state index contributed by atoms with van der Waals surface area (Å²) in [5, 5.41) is 4.07. The highest BCUT2D eigenvalue weighted by Gasteiger charge is 2.23. The summed E-state index contributed by atoms with van der Waals surface area (Å²) < 4.78 is 40.0. The number of benzene rings is 3. The van der Waals surface area contributed by atoms with Crippen LogP contribution in [0.1, 0.15) is 21.5 Å². The standard InChI is InChI=1S/C25H24N4O5S/c1-28(22-13-20(15-29-18-26-17-27-29)12-21(14-22)25(30)33-2)35(31,32)24-10-8-23(9-11-24)34-16-19-6-4-3-5-7-19/h3-14,17-18H,15-16H2,1-2H3. The van der Waals surface area contributed by atoms with E-state index in [2.05, 4.69) is 10.1 Å². The predicted molar refractivity (Wildman–Crippen MR) is 130 cm³/mol. The third-order valence-electron chi connectivity index (χ3n) is 5.30. The lowest BCUT2D eigenvalue weighted by atomic mass is 10.1. The van der Waals surface area contributed by atoms with Gasteiger partial charge in [0.2, 0.25) is 0 Å². The van der Waals surface area contributed by atoms with Gasteiger partial charge in [-0.3, -0.25) is 4.31 Å². The third kappa shape index (κ3) is 5.67. The molecular formula is C25H24N4O5S. The minimum atomic E-state index is -3.91. The first-order valence-corrected chi connectivity index (χ1v) is 12.1. The van der Waals surface area contributed by atoms with Gasteiger partial charge >= 0.3 is 5.97 Å². The second-order valence-corrected chi connectivity index (χ2v) is 9.66. The Balaban J connectivity index is 1.57. The van der Waals surface area contributed by atoms with E-state index >= 15 is 0 Å². The van der Waals surface area contributed by atoms with E-state index in [4.69, 9.17) is 9.47 Å². The average Bonchev–Trinajstić information content (AvgIpc) is 3.40. The molecule has 0 saturated heterocycles. The molecule has 3 aromatic carbocycles. The Labute approximate surface area is 203 Å².